The van der Waals surface area contributed by atoms with Crippen LogP contribution in [0.15, 0.2) is 23.7 Å². The zero-order valence-electron chi connectivity index (χ0n) is 10.7. The van der Waals surface area contributed by atoms with Crippen LogP contribution in [0.25, 0.3) is 0 Å². The minimum Gasteiger partial charge on any atom is -0.389 e. The van der Waals surface area contributed by atoms with Gasteiger partial charge in [0.25, 0.3) is 0 Å². The topological polar surface area (TPSA) is 42.2 Å². The summed E-state index contributed by atoms with van der Waals surface area (Å²) >= 11 is 12.8. The molecular formula is C13H14ClN3S2. The molecule has 2 aromatic rings. The third kappa shape index (κ3) is 3.23. The van der Waals surface area contributed by atoms with E-state index in [0.29, 0.717) is 10.0 Å². The Morgan fingerprint density at radius 2 is 2.26 bits per heavy atom. The molecule has 3 nitrogen and oxygen atoms in total. The highest BCUT2D eigenvalue weighted by atomic mass is 35.5. The predicted molar refractivity (Wildman–Crippen MR) is 86.3 cm³/mol. The van der Waals surface area contributed by atoms with Crippen molar-refractivity contribution in [2.45, 2.75) is 13.5 Å². The molecule has 0 saturated heterocycles. The Labute approximate surface area is 127 Å². The number of hydrogen-bond donors (Lipinski definition) is 1. The second-order valence-corrected chi connectivity index (χ2v) is 6.06. The predicted octanol–water partition coefficient (Wildman–Crippen LogP) is 3.38. The lowest BCUT2D eigenvalue weighted by molar-refractivity contribution is 0.925. The molecule has 100 valence electrons. The molecule has 2 rings (SSSR count). The number of thiazole rings is 1. The smallest absolute Gasteiger partial charge is 0.106 e. The molecule has 0 aliphatic rings. The Balaban J connectivity index is 2.32. The molecule has 0 aliphatic carbocycles. The van der Waals surface area contributed by atoms with Crippen LogP contribution in [0.4, 0.5) is 5.69 Å². The van der Waals surface area contributed by atoms with Gasteiger partial charge in [0, 0.05) is 28.2 Å². The summed E-state index contributed by atoms with van der Waals surface area (Å²) in [5.74, 6) is 0. The summed E-state index contributed by atoms with van der Waals surface area (Å²) in [4.78, 5) is 7.93. The van der Waals surface area contributed by atoms with Crippen molar-refractivity contribution in [3.63, 3.8) is 0 Å². The van der Waals surface area contributed by atoms with Crippen LogP contribution in [0.2, 0.25) is 5.02 Å². The van der Waals surface area contributed by atoms with Crippen LogP contribution in [0.1, 0.15) is 16.1 Å². The van der Waals surface area contributed by atoms with Gasteiger partial charge in [0.05, 0.1) is 17.7 Å². The van der Waals surface area contributed by atoms with Crippen molar-refractivity contribution in [3.8, 4) is 0 Å². The molecule has 1 aromatic carbocycles. The van der Waals surface area contributed by atoms with Crippen molar-refractivity contribution >= 4 is 45.8 Å². The summed E-state index contributed by atoms with van der Waals surface area (Å²) in [6, 6.07) is 5.54. The van der Waals surface area contributed by atoms with Gasteiger partial charge in [-0.15, -0.1) is 11.3 Å². The summed E-state index contributed by atoms with van der Waals surface area (Å²) in [6.45, 7) is 2.76. The van der Waals surface area contributed by atoms with Crippen LogP contribution in [-0.2, 0) is 6.54 Å². The molecule has 0 radical (unpaired) electrons. The van der Waals surface area contributed by atoms with E-state index in [0.717, 1.165) is 23.5 Å². The number of hydrogen-bond acceptors (Lipinski definition) is 4. The Hall–Kier alpha value is -1.17. The van der Waals surface area contributed by atoms with Gasteiger partial charge in [0.1, 0.15) is 4.99 Å². The summed E-state index contributed by atoms with van der Waals surface area (Å²) < 4.78 is 0. The number of benzene rings is 1. The van der Waals surface area contributed by atoms with E-state index in [1.165, 1.54) is 4.88 Å². The maximum atomic E-state index is 6.06. The van der Waals surface area contributed by atoms with Crippen LogP contribution in [0.3, 0.4) is 0 Å². The Morgan fingerprint density at radius 3 is 2.84 bits per heavy atom. The van der Waals surface area contributed by atoms with Gasteiger partial charge in [-0.25, -0.2) is 4.98 Å². The van der Waals surface area contributed by atoms with E-state index in [9.17, 15) is 0 Å². The van der Waals surface area contributed by atoms with Crippen LogP contribution in [-0.4, -0.2) is 17.0 Å². The lowest BCUT2D eigenvalue weighted by Crippen LogP contribution is -2.21. The molecule has 0 saturated carbocycles. The molecular weight excluding hydrogens is 298 g/mol. The molecule has 0 fully saturated rings. The molecule has 0 unspecified atom stereocenters. The first-order chi connectivity index (χ1) is 8.99. The van der Waals surface area contributed by atoms with Gasteiger partial charge in [-0.05, 0) is 25.1 Å². The second-order valence-electron chi connectivity index (χ2n) is 4.24. The quantitative estimate of drug-likeness (QED) is 0.879. The summed E-state index contributed by atoms with van der Waals surface area (Å²) in [7, 11) is 1.99. The molecule has 6 heteroatoms. The SMILES string of the molecule is Cc1ncsc1CN(C)c1cc(Cl)ccc1C(N)=S. The summed E-state index contributed by atoms with van der Waals surface area (Å²) in [6.07, 6.45) is 0. The number of halogens is 1. The van der Waals surface area contributed by atoms with Gasteiger partial charge in [0.2, 0.25) is 0 Å². The van der Waals surface area contributed by atoms with Crippen molar-refractivity contribution in [1.29, 1.82) is 0 Å². The van der Waals surface area contributed by atoms with Crippen LogP contribution in [0, 0.1) is 6.92 Å². The van der Waals surface area contributed by atoms with E-state index in [-0.39, 0.29) is 0 Å². The van der Waals surface area contributed by atoms with E-state index in [1.807, 2.05) is 31.6 Å². The Bertz CT molecular complexity index is 610. The molecule has 1 aromatic heterocycles. The van der Waals surface area contributed by atoms with Crippen LogP contribution < -0.4 is 10.6 Å². The van der Waals surface area contributed by atoms with Crippen molar-refractivity contribution in [2.24, 2.45) is 5.73 Å². The second kappa shape index (κ2) is 5.86. The summed E-state index contributed by atoms with van der Waals surface area (Å²) in [5, 5.41) is 0.669. The monoisotopic (exact) mass is 311 g/mol. The fourth-order valence-electron chi connectivity index (χ4n) is 1.81. The number of rotatable bonds is 4. The number of nitrogens with two attached hydrogens (primary N) is 1. The van der Waals surface area contributed by atoms with E-state index in [1.54, 1.807) is 17.4 Å². The first-order valence-electron chi connectivity index (χ1n) is 5.68. The van der Waals surface area contributed by atoms with Crippen molar-refractivity contribution < 1.29 is 0 Å². The van der Waals surface area contributed by atoms with Gasteiger partial charge < -0.3 is 10.6 Å². The van der Waals surface area contributed by atoms with Gasteiger partial charge in [0.15, 0.2) is 0 Å². The minimum atomic E-state index is 0.375. The lowest BCUT2D eigenvalue weighted by Gasteiger charge is -2.22. The van der Waals surface area contributed by atoms with Crippen LogP contribution >= 0.6 is 35.2 Å². The largest absolute Gasteiger partial charge is 0.389 e. The molecule has 0 atom stereocenters. The van der Waals surface area contributed by atoms with E-state index in [2.05, 4.69) is 9.88 Å². The third-order valence-corrected chi connectivity index (χ3v) is 4.24. The Kier molecular flexibility index (Phi) is 4.39. The average molecular weight is 312 g/mol. The number of nitrogens with zero attached hydrogens (tertiary/aromatic N) is 2. The fraction of sp³-hybridized carbons (Fsp3) is 0.231. The fourth-order valence-corrected chi connectivity index (χ4v) is 2.98. The van der Waals surface area contributed by atoms with Crippen LogP contribution in [0.5, 0.6) is 0 Å². The average Bonchev–Trinajstić information content (AvgIpc) is 2.74. The van der Waals surface area contributed by atoms with Crippen molar-refractivity contribution in [1.82, 2.24) is 4.98 Å². The maximum absolute atomic E-state index is 6.06. The van der Waals surface area contributed by atoms with Gasteiger partial charge >= 0.3 is 0 Å². The first kappa shape index (κ1) is 14.2. The zero-order chi connectivity index (χ0) is 14.0. The highest BCUT2D eigenvalue weighted by molar-refractivity contribution is 7.80. The standard InChI is InChI=1S/C13H14ClN3S2/c1-8-12(19-7-16-8)6-17(2)11-5-9(14)3-4-10(11)13(15)18/h3-5,7H,6H2,1-2H3,(H2,15,18). The van der Waals surface area contributed by atoms with Crippen molar-refractivity contribution in [2.75, 3.05) is 11.9 Å². The number of aromatic nitrogens is 1. The molecule has 2 N–H and O–H groups in total. The van der Waals surface area contributed by atoms with Gasteiger partial charge in [-0.3, -0.25) is 0 Å². The van der Waals surface area contributed by atoms with E-state index < -0.39 is 0 Å². The molecule has 0 bridgehead atoms. The van der Waals surface area contributed by atoms with E-state index >= 15 is 0 Å². The number of thiocarbonyl (C=S) groups is 1. The minimum absolute atomic E-state index is 0.375. The summed E-state index contributed by atoms with van der Waals surface area (Å²) in [5.41, 5.74) is 10.4. The molecule has 19 heavy (non-hydrogen) atoms. The van der Waals surface area contributed by atoms with E-state index in [4.69, 9.17) is 29.6 Å². The molecule has 0 aliphatic heterocycles. The Morgan fingerprint density at radius 1 is 1.53 bits per heavy atom. The zero-order valence-corrected chi connectivity index (χ0v) is 13.1. The highest BCUT2D eigenvalue weighted by Gasteiger charge is 2.12. The van der Waals surface area contributed by atoms with Gasteiger partial charge in [-0.2, -0.15) is 0 Å². The molecule has 0 spiro atoms. The molecule has 1 heterocycles. The third-order valence-electron chi connectivity index (χ3n) is 2.86. The first-order valence-corrected chi connectivity index (χ1v) is 7.35. The molecule has 0 amide bonds. The lowest BCUT2D eigenvalue weighted by atomic mass is 10.1. The van der Waals surface area contributed by atoms with Crippen molar-refractivity contribution in [3.05, 3.63) is 44.9 Å². The maximum Gasteiger partial charge on any atom is 0.106 e. The van der Waals surface area contributed by atoms with Gasteiger partial charge in [-0.1, -0.05) is 23.8 Å². The number of anilines is 1. The number of aryl methyl sites for hydroxylation is 1. The normalized spacial score (nSPS) is 10.5. The highest BCUT2D eigenvalue weighted by Crippen LogP contribution is 2.26.